The van der Waals surface area contributed by atoms with Crippen LogP contribution in [0, 0.1) is 11.8 Å². The Kier molecular flexibility index (Phi) is 4.02. The van der Waals surface area contributed by atoms with Crippen LogP contribution in [-0.2, 0) is 9.59 Å². The molecule has 0 heterocycles. The Morgan fingerprint density at radius 3 is 2.29 bits per heavy atom. The minimum atomic E-state index is -0.892. The number of hydrogen-bond donors (Lipinski definition) is 2. The second kappa shape index (κ2) is 5.52. The van der Waals surface area contributed by atoms with Crippen LogP contribution >= 0.6 is 0 Å². The molecule has 1 atom stereocenters. The predicted molar refractivity (Wildman–Crippen MR) is 63.5 cm³/mol. The lowest BCUT2D eigenvalue weighted by atomic mass is 10.0. The van der Waals surface area contributed by atoms with E-state index in [2.05, 4.69) is 5.32 Å². The monoisotopic (exact) mass is 239 g/mol. The summed E-state index contributed by atoms with van der Waals surface area (Å²) in [5, 5.41) is 11.7. The first-order chi connectivity index (χ1) is 8.15. The SMILES string of the molecule is O=C(CC1CCCC1)N[C@@H](CC1CC1)C(=O)O. The molecule has 2 aliphatic rings. The van der Waals surface area contributed by atoms with Crippen molar-refractivity contribution < 1.29 is 14.7 Å². The molecule has 0 aromatic rings. The number of hydrogen-bond acceptors (Lipinski definition) is 2. The van der Waals surface area contributed by atoms with Gasteiger partial charge in [0.25, 0.3) is 0 Å². The Morgan fingerprint density at radius 1 is 1.12 bits per heavy atom. The molecule has 0 bridgehead atoms. The van der Waals surface area contributed by atoms with E-state index < -0.39 is 12.0 Å². The second-order valence-corrected chi connectivity index (χ2v) is 5.49. The summed E-state index contributed by atoms with van der Waals surface area (Å²) in [5.41, 5.74) is 0. The van der Waals surface area contributed by atoms with Crippen LogP contribution in [0.3, 0.4) is 0 Å². The van der Waals surface area contributed by atoms with Crippen LogP contribution in [0.25, 0.3) is 0 Å². The van der Waals surface area contributed by atoms with E-state index in [1.807, 2.05) is 0 Å². The summed E-state index contributed by atoms with van der Waals surface area (Å²) in [6.07, 6.45) is 8.00. The Balaban J connectivity index is 1.75. The molecule has 4 heteroatoms. The van der Waals surface area contributed by atoms with E-state index in [9.17, 15) is 9.59 Å². The number of nitrogens with one attached hydrogen (secondary N) is 1. The van der Waals surface area contributed by atoms with Crippen molar-refractivity contribution in [1.82, 2.24) is 5.32 Å². The molecule has 0 radical (unpaired) electrons. The third-order valence-corrected chi connectivity index (χ3v) is 3.85. The van der Waals surface area contributed by atoms with Gasteiger partial charge >= 0.3 is 5.97 Å². The molecular formula is C13H21NO3. The first-order valence-electron chi connectivity index (χ1n) is 6.67. The number of carbonyl (C=O) groups excluding carboxylic acids is 1. The van der Waals surface area contributed by atoms with Crippen molar-refractivity contribution in [2.75, 3.05) is 0 Å². The van der Waals surface area contributed by atoms with Crippen molar-refractivity contribution >= 4 is 11.9 Å². The van der Waals surface area contributed by atoms with Gasteiger partial charge in [0.2, 0.25) is 5.91 Å². The molecule has 0 aliphatic heterocycles. The molecule has 0 saturated heterocycles. The van der Waals surface area contributed by atoms with Gasteiger partial charge in [-0.25, -0.2) is 4.79 Å². The number of carbonyl (C=O) groups is 2. The highest BCUT2D eigenvalue weighted by Gasteiger charge is 2.30. The number of rotatable bonds is 6. The topological polar surface area (TPSA) is 66.4 Å². The molecule has 17 heavy (non-hydrogen) atoms. The van der Waals surface area contributed by atoms with E-state index in [0.29, 0.717) is 24.7 Å². The van der Waals surface area contributed by atoms with Crippen molar-refractivity contribution in [1.29, 1.82) is 0 Å². The van der Waals surface area contributed by atoms with E-state index in [1.54, 1.807) is 0 Å². The van der Waals surface area contributed by atoms with Gasteiger partial charge in [0.1, 0.15) is 6.04 Å². The van der Waals surface area contributed by atoms with Crippen molar-refractivity contribution in [2.24, 2.45) is 11.8 Å². The fraction of sp³-hybridized carbons (Fsp3) is 0.846. The maximum Gasteiger partial charge on any atom is 0.326 e. The molecule has 2 saturated carbocycles. The zero-order valence-electron chi connectivity index (χ0n) is 10.2. The van der Waals surface area contributed by atoms with Gasteiger partial charge in [-0.2, -0.15) is 0 Å². The van der Waals surface area contributed by atoms with E-state index in [-0.39, 0.29) is 5.91 Å². The predicted octanol–water partition coefficient (Wildman–Crippen LogP) is 1.94. The van der Waals surface area contributed by atoms with Gasteiger partial charge < -0.3 is 10.4 Å². The van der Waals surface area contributed by atoms with Gasteiger partial charge in [-0.05, 0) is 31.1 Å². The van der Waals surface area contributed by atoms with Gasteiger partial charge in [0.05, 0.1) is 0 Å². The van der Waals surface area contributed by atoms with Crippen molar-refractivity contribution in [2.45, 2.75) is 57.4 Å². The largest absolute Gasteiger partial charge is 0.480 e. The molecule has 4 nitrogen and oxygen atoms in total. The second-order valence-electron chi connectivity index (χ2n) is 5.49. The highest BCUT2D eigenvalue weighted by molar-refractivity contribution is 5.83. The van der Waals surface area contributed by atoms with E-state index in [1.165, 1.54) is 12.8 Å². The first-order valence-corrected chi connectivity index (χ1v) is 6.67. The van der Waals surface area contributed by atoms with Gasteiger partial charge in [-0.1, -0.05) is 25.7 Å². The Morgan fingerprint density at radius 2 is 1.76 bits per heavy atom. The van der Waals surface area contributed by atoms with Gasteiger partial charge in [0, 0.05) is 6.42 Å². The maximum absolute atomic E-state index is 11.7. The highest BCUT2D eigenvalue weighted by atomic mass is 16.4. The third-order valence-electron chi connectivity index (χ3n) is 3.85. The smallest absolute Gasteiger partial charge is 0.326 e. The van der Waals surface area contributed by atoms with Gasteiger partial charge in [-0.3, -0.25) is 4.79 Å². The third kappa shape index (κ3) is 4.02. The minimum Gasteiger partial charge on any atom is -0.480 e. The first kappa shape index (κ1) is 12.4. The standard InChI is InChI=1S/C13H21NO3/c15-12(8-9-3-1-2-4-9)14-11(13(16)17)7-10-5-6-10/h9-11H,1-8H2,(H,14,15)(H,16,17)/t11-/m0/s1. The van der Waals surface area contributed by atoms with Crippen LogP contribution in [0.2, 0.25) is 0 Å². The lowest BCUT2D eigenvalue weighted by molar-refractivity contribution is -0.142. The number of carboxylic acids is 1. The molecule has 0 spiro atoms. The Labute approximate surface area is 102 Å². The van der Waals surface area contributed by atoms with Crippen molar-refractivity contribution in [3.8, 4) is 0 Å². The lowest BCUT2D eigenvalue weighted by Gasteiger charge is -2.15. The van der Waals surface area contributed by atoms with E-state index >= 15 is 0 Å². The minimum absolute atomic E-state index is 0.0787. The molecule has 0 aromatic heterocycles. The summed E-state index contributed by atoms with van der Waals surface area (Å²) < 4.78 is 0. The van der Waals surface area contributed by atoms with Crippen LogP contribution in [0.15, 0.2) is 0 Å². The zero-order chi connectivity index (χ0) is 12.3. The summed E-state index contributed by atoms with van der Waals surface area (Å²) >= 11 is 0. The number of amides is 1. The average Bonchev–Trinajstić information content (AvgIpc) is 2.93. The van der Waals surface area contributed by atoms with Crippen LogP contribution < -0.4 is 5.32 Å². The van der Waals surface area contributed by atoms with Crippen LogP contribution in [-0.4, -0.2) is 23.0 Å². The van der Waals surface area contributed by atoms with Crippen molar-refractivity contribution in [3.05, 3.63) is 0 Å². The van der Waals surface area contributed by atoms with E-state index in [0.717, 1.165) is 25.7 Å². The summed E-state index contributed by atoms with van der Waals surface area (Å²) in [5.74, 6) is 0.0230. The zero-order valence-corrected chi connectivity index (χ0v) is 10.2. The molecule has 1 amide bonds. The fourth-order valence-corrected chi connectivity index (χ4v) is 2.64. The molecular weight excluding hydrogens is 218 g/mol. The van der Waals surface area contributed by atoms with Crippen LogP contribution in [0.1, 0.15) is 51.4 Å². The van der Waals surface area contributed by atoms with E-state index in [4.69, 9.17) is 5.11 Å². The number of carboxylic acid groups (broad SMARTS) is 1. The molecule has 96 valence electrons. The molecule has 2 rings (SSSR count). The van der Waals surface area contributed by atoms with Crippen LogP contribution in [0.4, 0.5) is 0 Å². The molecule has 2 N–H and O–H groups in total. The van der Waals surface area contributed by atoms with Crippen molar-refractivity contribution in [3.63, 3.8) is 0 Å². The number of aliphatic carboxylic acids is 1. The average molecular weight is 239 g/mol. The normalized spacial score (nSPS) is 22.4. The summed E-state index contributed by atoms with van der Waals surface area (Å²) in [6.45, 7) is 0. The molecule has 0 aromatic carbocycles. The van der Waals surface area contributed by atoms with Crippen LogP contribution in [0.5, 0.6) is 0 Å². The maximum atomic E-state index is 11.7. The molecule has 2 fully saturated rings. The summed E-state index contributed by atoms with van der Waals surface area (Å²) in [7, 11) is 0. The highest BCUT2D eigenvalue weighted by Crippen LogP contribution is 2.33. The quantitative estimate of drug-likeness (QED) is 0.744. The lowest BCUT2D eigenvalue weighted by Crippen LogP contribution is -2.41. The summed E-state index contributed by atoms with van der Waals surface area (Å²) in [4.78, 5) is 22.8. The molecule has 0 unspecified atom stereocenters. The molecule has 2 aliphatic carbocycles. The van der Waals surface area contributed by atoms with Gasteiger partial charge in [-0.15, -0.1) is 0 Å². The Bertz CT molecular complexity index is 293. The fourth-order valence-electron chi connectivity index (χ4n) is 2.64. The van der Waals surface area contributed by atoms with Gasteiger partial charge in [0.15, 0.2) is 0 Å². The summed E-state index contributed by atoms with van der Waals surface area (Å²) in [6, 6.07) is -0.670. The Hall–Kier alpha value is -1.06.